The van der Waals surface area contributed by atoms with E-state index >= 15 is 0 Å². The fourth-order valence-electron chi connectivity index (χ4n) is 7.69. The largest absolute Gasteiger partial charge is 0.756 e. The number of phosphoric ester groups is 1. The second-order valence-electron chi connectivity index (χ2n) is 18.9. The molecule has 0 radical (unpaired) electrons. The van der Waals surface area contributed by atoms with Crippen molar-refractivity contribution in [2.24, 2.45) is 0 Å². The summed E-state index contributed by atoms with van der Waals surface area (Å²) in [4.78, 5) is 25.0. The third-order valence-electron chi connectivity index (χ3n) is 11.7. The van der Waals surface area contributed by atoms with Crippen LogP contribution in [0.25, 0.3) is 0 Å². The zero-order valence-electron chi connectivity index (χ0n) is 40.0. The van der Waals surface area contributed by atoms with E-state index in [2.05, 4.69) is 12.2 Å². The summed E-state index contributed by atoms with van der Waals surface area (Å²) in [6, 6.07) is -0.877. The van der Waals surface area contributed by atoms with Crippen molar-refractivity contribution in [1.82, 2.24) is 5.32 Å². The average Bonchev–Trinajstić information content (AvgIpc) is 3.19. The van der Waals surface area contributed by atoms with E-state index in [1.54, 1.807) is 6.08 Å². The van der Waals surface area contributed by atoms with Crippen LogP contribution in [0.15, 0.2) is 12.2 Å². The van der Waals surface area contributed by atoms with Gasteiger partial charge in [-0.25, -0.2) is 0 Å². The van der Waals surface area contributed by atoms with E-state index in [-0.39, 0.29) is 19.1 Å². The number of amides is 1. The van der Waals surface area contributed by atoms with Gasteiger partial charge in [0, 0.05) is 6.42 Å². The number of carbonyl (C=O) groups excluding carboxylic acids is 1. The molecule has 0 aromatic heterocycles. The molecule has 0 saturated heterocycles. The van der Waals surface area contributed by atoms with Crippen LogP contribution in [0, 0.1) is 0 Å². The van der Waals surface area contributed by atoms with Gasteiger partial charge in [-0.15, -0.1) is 0 Å². The number of rotatable bonds is 47. The van der Waals surface area contributed by atoms with Gasteiger partial charge in [0.2, 0.25) is 5.91 Å². The molecule has 9 heteroatoms. The smallest absolute Gasteiger partial charge is 0.268 e. The highest BCUT2D eigenvalue weighted by atomic mass is 31.2. The van der Waals surface area contributed by atoms with E-state index < -0.39 is 20.0 Å². The molecule has 2 N–H and O–H groups in total. The summed E-state index contributed by atoms with van der Waals surface area (Å²) in [5.41, 5.74) is 0. The van der Waals surface area contributed by atoms with E-state index in [1.807, 2.05) is 34.1 Å². The van der Waals surface area contributed by atoms with Crippen molar-refractivity contribution in [2.45, 2.75) is 264 Å². The van der Waals surface area contributed by atoms with Gasteiger partial charge in [0.15, 0.2) is 0 Å². The van der Waals surface area contributed by atoms with E-state index in [0.717, 1.165) is 32.1 Å². The monoisotopic (exact) mass is 857 g/mol. The third-order valence-corrected chi connectivity index (χ3v) is 12.7. The zero-order chi connectivity index (χ0) is 43.6. The van der Waals surface area contributed by atoms with Crippen LogP contribution >= 0.6 is 7.82 Å². The van der Waals surface area contributed by atoms with Crippen molar-refractivity contribution in [1.29, 1.82) is 0 Å². The first-order valence-corrected chi connectivity index (χ1v) is 27.0. The van der Waals surface area contributed by atoms with Crippen LogP contribution < -0.4 is 10.2 Å². The van der Waals surface area contributed by atoms with Crippen LogP contribution in [0.2, 0.25) is 0 Å². The van der Waals surface area contributed by atoms with Crippen molar-refractivity contribution in [3.63, 3.8) is 0 Å². The number of allylic oxidation sites excluding steroid dienone is 1. The number of nitrogens with zero attached hydrogens (tertiary/aromatic N) is 1. The van der Waals surface area contributed by atoms with Gasteiger partial charge in [0.25, 0.3) is 7.82 Å². The van der Waals surface area contributed by atoms with Crippen LogP contribution in [0.5, 0.6) is 0 Å². The molecule has 0 heterocycles. The lowest BCUT2D eigenvalue weighted by Gasteiger charge is -2.29. The minimum absolute atomic E-state index is 0.000000407. The van der Waals surface area contributed by atoms with Gasteiger partial charge >= 0.3 is 0 Å². The molecular weight excluding hydrogens is 756 g/mol. The quantitative estimate of drug-likeness (QED) is 0.0273. The molecule has 0 bridgehead atoms. The highest BCUT2D eigenvalue weighted by Crippen LogP contribution is 2.38. The number of quaternary nitrogens is 1. The number of phosphoric acid groups is 1. The third kappa shape index (κ3) is 45.1. The lowest BCUT2D eigenvalue weighted by atomic mass is 10.0. The first kappa shape index (κ1) is 58.2. The molecule has 0 spiro atoms. The van der Waals surface area contributed by atoms with Gasteiger partial charge < -0.3 is 28.8 Å². The number of aliphatic hydroxyl groups excluding tert-OH is 1. The highest BCUT2D eigenvalue weighted by Gasteiger charge is 2.23. The predicted molar refractivity (Wildman–Crippen MR) is 252 cm³/mol. The molecule has 0 aromatic rings. The van der Waals surface area contributed by atoms with Crippen LogP contribution in [-0.2, 0) is 18.4 Å². The van der Waals surface area contributed by atoms with E-state index in [0.29, 0.717) is 17.4 Å². The van der Waals surface area contributed by atoms with Crippen molar-refractivity contribution in [2.75, 3.05) is 40.9 Å². The first-order valence-electron chi connectivity index (χ1n) is 25.6. The fourth-order valence-corrected chi connectivity index (χ4v) is 8.41. The van der Waals surface area contributed by atoms with Gasteiger partial charge in [-0.1, -0.05) is 244 Å². The summed E-state index contributed by atoms with van der Waals surface area (Å²) in [7, 11) is 1.26. The maximum atomic E-state index is 12.7. The minimum atomic E-state index is -4.56. The van der Waals surface area contributed by atoms with Crippen LogP contribution in [0.1, 0.15) is 251 Å². The summed E-state index contributed by atoms with van der Waals surface area (Å²) < 4.78 is 22.9. The van der Waals surface area contributed by atoms with Crippen molar-refractivity contribution < 1.29 is 32.9 Å². The van der Waals surface area contributed by atoms with Crippen molar-refractivity contribution in [3.05, 3.63) is 12.2 Å². The highest BCUT2D eigenvalue weighted by molar-refractivity contribution is 7.45. The van der Waals surface area contributed by atoms with E-state index in [9.17, 15) is 19.4 Å². The number of aliphatic hydroxyl groups is 1. The molecule has 3 unspecified atom stereocenters. The second-order valence-corrected chi connectivity index (χ2v) is 20.3. The fraction of sp³-hybridized carbons (Fsp3) is 0.940. The molecule has 0 aromatic carbocycles. The van der Waals surface area contributed by atoms with Crippen molar-refractivity contribution in [3.8, 4) is 0 Å². The number of hydrogen-bond acceptors (Lipinski definition) is 6. The number of carbonyl (C=O) groups is 1. The first-order chi connectivity index (χ1) is 28.5. The summed E-state index contributed by atoms with van der Waals surface area (Å²) >= 11 is 0. The Bertz CT molecular complexity index is 974. The number of likely N-dealkylation sites (N-methyl/N-ethyl adjacent to an activating group) is 1. The number of nitrogens with one attached hydrogen (secondary N) is 1. The predicted octanol–water partition coefficient (Wildman–Crippen LogP) is 14.1. The zero-order valence-corrected chi connectivity index (χ0v) is 40.9. The van der Waals surface area contributed by atoms with E-state index in [4.69, 9.17) is 9.05 Å². The molecule has 0 rings (SSSR count). The normalized spacial score (nSPS) is 14.2. The average molecular weight is 857 g/mol. The topological polar surface area (TPSA) is 108 Å². The van der Waals surface area contributed by atoms with Gasteiger partial charge in [0.05, 0.1) is 39.9 Å². The Labute approximate surface area is 367 Å². The Morgan fingerprint density at radius 3 is 1.24 bits per heavy atom. The summed E-state index contributed by atoms with van der Waals surface area (Å²) in [5.74, 6) is -0.205. The molecule has 0 fully saturated rings. The summed E-state index contributed by atoms with van der Waals surface area (Å²) in [6.07, 6.45) is 51.2. The van der Waals surface area contributed by atoms with Gasteiger partial charge in [-0.2, -0.15) is 0 Å². The summed E-state index contributed by atoms with van der Waals surface area (Å²) in [5, 5.41) is 13.4. The Kier molecular flexibility index (Phi) is 42.0. The van der Waals surface area contributed by atoms with Crippen LogP contribution in [-0.4, -0.2) is 68.5 Å². The molecule has 59 heavy (non-hydrogen) atoms. The lowest BCUT2D eigenvalue weighted by molar-refractivity contribution is -0.870. The van der Waals surface area contributed by atoms with Crippen LogP contribution in [0.4, 0.5) is 0 Å². The lowest BCUT2D eigenvalue weighted by Crippen LogP contribution is -2.45. The van der Waals surface area contributed by atoms with Gasteiger partial charge in [-0.3, -0.25) is 9.36 Å². The molecule has 1 amide bonds. The molecule has 8 nitrogen and oxygen atoms in total. The molecule has 3 atom stereocenters. The maximum absolute atomic E-state index is 12.7. The molecule has 0 aliphatic heterocycles. The number of hydrogen-bond donors (Lipinski definition) is 2. The van der Waals surface area contributed by atoms with Gasteiger partial charge in [0.1, 0.15) is 13.2 Å². The second kappa shape index (κ2) is 42.5. The summed E-state index contributed by atoms with van der Waals surface area (Å²) in [6.45, 7) is 4.45. The van der Waals surface area contributed by atoms with Gasteiger partial charge in [-0.05, 0) is 12.8 Å². The molecule has 0 aliphatic carbocycles. The molecular formula is C50H101N2O6P. The van der Waals surface area contributed by atoms with Crippen molar-refractivity contribution >= 4 is 13.7 Å². The molecule has 0 saturated carbocycles. The molecule has 352 valence electrons. The Balaban J connectivity index is 3.63. The Morgan fingerprint density at radius 2 is 0.915 bits per heavy atom. The minimum Gasteiger partial charge on any atom is -0.756 e. The van der Waals surface area contributed by atoms with Crippen LogP contribution in [0.3, 0.4) is 0 Å². The molecule has 0 aliphatic rings. The van der Waals surface area contributed by atoms with E-state index in [1.165, 1.54) is 199 Å². The standard InChI is InChI=1S/C50H101N2O6P/c1-6-8-10-11-12-13-14-15-16-17-18-19-20-21-22-23-24-25-26-27-28-29-30-31-32-33-34-35-36-37-38-39-40-42-44-50(54)51-48(49(53)43-41-9-7-2)47-58-59(55,56)57-46-45-52(3,4)5/h41,43,48-49,53H,6-40,42,44-47H2,1-5H3,(H-,51,54,55,56)/b43-41+. The number of unbranched alkanes of at least 4 members (excludes halogenated alkanes) is 34. The maximum Gasteiger partial charge on any atom is 0.268 e. The Morgan fingerprint density at radius 1 is 0.576 bits per heavy atom. The SMILES string of the molecule is CCC/C=C/C(O)C(COP(=O)([O-])OCC[N+](C)(C)C)NC(=O)CCCCCCCCCCCCCCCCCCCCCCCCCCCCCCCCCCCC. The Hall–Kier alpha value is -0.760.